The number of hydrogen-bond donors (Lipinski definition) is 0. The molecule has 0 aliphatic heterocycles. The first-order valence-electron chi connectivity index (χ1n) is 7.75. The Labute approximate surface area is 148 Å². The van der Waals surface area contributed by atoms with E-state index >= 15 is 0 Å². The van der Waals surface area contributed by atoms with Crippen molar-refractivity contribution in [2.75, 3.05) is 0 Å². The number of halogens is 1. The molecular formula is C17H15ClN4OS. The smallest absolute Gasteiger partial charge is 0.253 e. The number of rotatable bonds is 3. The van der Waals surface area contributed by atoms with Gasteiger partial charge in [0.1, 0.15) is 0 Å². The van der Waals surface area contributed by atoms with Crippen LogP contribution in [-0.2, 0) is 12.2 Å². The predicted octanol–water partition coefficient (Wildman–Crippen LogP) is 3.84. The van der Waals surface area contributed by atoms with Crippen molar-refractivity contribution in [1.29, 1.82) is 0 Å². The summed E-state index contributed by atoms with van der Waals surface area (Å²) in [5.74, 6) is 1.78. The van der Waals surface area contributed by atoms with Crippen molar-refractivity contribution in [3.63, 3.8) is 0 Å². The van der Waals surface area contributed by atoms with Crippen LogP contribution in [-0.4, -0.2) is 25.4 Å². The van der Waals surface area contributed by atoms with Crippen LogP contribution in [0.4, 0.5) is 0 Å². The molecule has 0 unspecified atom stereocenters. The number of Topliss-reactive ketones (excluding diaryl/α,β-unsaturated/α-hetero) is 1. The van der Waals surface area contributed by atoms with Crippen molar-refractivity contribution in [2.45, 2.75) is 30.7 Å². The van der Waals surface area contributed by atoms with E-state index in [-0.39, 0.29) is 5.78 Å². The third-order valence-electron chi connectivity index (χ3n) is 4.05. The molecule has 0 N–H and O–H groups in total. The summed E-state index contributed by atoms with van der Waals surface area (Å²) in [5, 5.41) is 5.81. The largest absolute Gasteiger partial charge is 0.294 e. The van der Waals surface area contributed by atoms with Gasteiger partial charge in [-0.15, -0.1) is 5.10 Å². The molecule has 5 nitrogen and oxygen atoms in total. The van der Waals surface area contributed by atoms with E-state index in [9.17, 15) is 4.79 Å². The molecule has 7 heteroatoms. The fourth-order valence-electron chi connectivity index (χ4n) is 2.84. The van der Waals surface area contributed by atoms with Gasteiger partial charge in [0.25, 0.3) is 5.78 Å². The first-order valence-corrected chi connectivity index (χ1v) is 9.11. The minimum Gasteiger partial charge on any atom is -0.294 e. The van der Waals surface area contributed by atoms with E-state index < -0.39 is 0 Å². The van der Waals surface area contributed by atoms with Gasteiger partial charge in [-0.1, -0.05) is 42.4 Å². The second-order valence-corrected chi connectivity index (χ2v) is 7.47. The maximum Gasteiger partial charge on any atom is 0.253 e. The summed E-state index contributed by atoms with van der Waals surface area (Å²) < 4.78 is 1.61. The summed E-state index contributed by atoms with van der Waals surface area (Å²) >= 11 is 7.43. The maximum atomic E-state index is 12.2. The van der Waals surface area contributed by atoms with Gasteiger partial charge >= 0.3 is 0 Å². The van der Waals surface area contributed by atoms with E-state index in [2.05, 4.69) is 22.0 Å². The molecule has 24 heavy (non-hydrogen) atoms. The van der Waals surface area contributed by atoms with Crippen molar-refractivity contribution in [2.24, 2.45) is 5.92 Å². The lowest BCUT2D eigenvalue weighted by atomic mass is 9.88. The lowest BCUT2D eigenvalue weighted by molar-refractivity contribution is 0.0951. The summed E-state index contributed by atoms with van der Waals surface area (Å²) in [6.45, 7) is 2.07. The monoisotopic (exact) mass is 358 g/mol. The van der Waals surface area contributed by atoms with Gasteiger partial charge in [0, 0.05) is 23.4 Å². The molecule has 1 atom stereocenters. The maximum absolute atomic E-state index is 12.2. The second kappa shape index (κ2) is 6.18. The molecule has 3 aromatic rings. The molecule has 2 aromatic heterocycles. The summed E-state index contributed by atoms with van der Waals surface area (Å²) in [5.41, 5.74) is 2.67. The molecule has 2 heterocycles. The molecular weight excluding hydrogens is 344 g/mol. The molecule has 1 aliphatic carbocycles. The van der Waals surface area contributed by atoms with E-state index in [0.717, 1.165) is 28.5 Å². The third kappa shape index (κ3) is 3.03. The third-order valence-corrected chi connectivity index (χ3v) is 5.21. The van der Waals surface area contributed by atoms with Gasteiger partial charge in [-0.05, 0) is 30.0 Å². The van der Waals surface area contributed by atoms with Crippen LogP contribution in [0, 0.1) is 5.92 Å². The Bertz CT molecular complexity index is 922. The Hall–Kier alpha value is -1.92. The van der Waals surface area contributed by atoms with Gasteiger partial charge < -0.3 is 0 Å². The van der Waals surface area contributed by atoms with Crippen molar-refractivity contribution in [1.82, 2.24) is 19.6 Å². The van der Waals surface area contributed by atoms with Crippen molar-refractivity contribution in [3.8, 4) is 0 Å². The number of ketones is 1. The van der Waals surface area contributed by atoms with Crippen LogP contribution in [0.2, 0.25) is 5.02 Å². The van der Waals surface area contributed by atoms with E-state index in [4.69, 9.17) is 11.6 Å². The van der Waals surface area contributed by atoms with Crippen molar-refractivity contribution < 1.29 is 4.79 Å². The molecule has 0 saturated heterocycles. The van der Waals surface area contributed by atoms with Crippen molar-refractivity contribution in [3.05, 3.63) is 52.3 Å². The summed E-state index contributed by atoms with van der Waals surface area (Å²) in [6.07, 6.45) is 3.16. The number of carbonyl (C=O) groups excluding carboxylic acids is 1. The normalized spacial score (nSPS) is 17.2. The molecule has 0 bridgehead atoms. The number of fused-ring (bicyclic) bond motifs is 2. The Morgan fingerprint density at radius 3 is 2.83 bits per heavy atom. The number of nitrogens with zero attached hydrogens (tertiary/aromatic N) is 4. The number of benzene rings is 1. The molecule has 0 spiro atoms. The summed E-state index contributed by atoms with van der Waals surface area (Å²) in [6, 6.07) is 7.72. The van der Waals surface area contributed by atoms with Crippen LogP contribution >= 0.6 is 23.4 Å². The van der Waals surface area contributed by atoms with Gasteiger partial charge in [-0.2, -0.15) is 4.98 Å². The Kier molecular flexibility index (Phi) is 4.02. The number of thioether (sulfide) groups is 1. The molecule has 1 aliphatic rings. The van der Waals surface area contributed by atoms with Crippen LogP contribution in [0.3, 0.4) is 0 Å². The first-order chi connectivity index (χ1) is 11.6. The topological polar surface area (TPSA) is 60.2 Å². The molecule has 0 amide bonds. The Morgan fingerprint density at radius 2 is 2.04 bits per heavy atom. The van der Waals surface area contributed by atoms with Gasteiger partial charge in [0.05, 0.1) is 11.3 Å². The predicted molar refractivity (Wildman–Crippen MR) is 93.6 cm³/mol. The van der Waals surface area contributed by atoms with Crippen LogP contribution in [0.5, 0.6) is 0 Å². The van der Waals surface area contributed by atoms with Crippen LogP contribution in [0.1, 0.15) is 35.0 Å². The fraction of sp³-hybridized carbons (Fsp3) is 0.294. The zero-order valence-corrected chi connectivity index (χ0v) is 14.6. The minimum atomic E-state index is 0.143. The van der Waals surface area contributed by atoms with Crippen LogP contribution < -0.4 is 0 Å². The van der Waals surface area contributed by atoms with Gasteiger partial charge in [-0.3, -0.25) is 4.79 Å². The average molecular weight is 359 g/mol. The quantitative estimate of drug-likeness (QED) is 0.666. The standard InChI is InChI=1S/C17H15ClN4OS/c1-10-6-14-13(15(23)7-10)8-22-16(19-14)20-17(21-22)24-9-11-2-4-12(18)5-3-11/h2-5,8,10H,6-7,9H2,1H3/t10-/m1/s1. The number of aromatic nitrogens is 4. The number of hydrogen-bond acceptors (Lipinski definition) is 5. The lowest BCUT2D eigenvalue weighted by Crippen LogP contribution is -2.20. The fourth-order valence-corrected chi connectivity index (χ4v) is 3.75. The SMILES string of the molecule is C[C@H]1CC(=O)c2cn3nc(SCc4ccc(Cl)cc4)nc3nc2C1. The zero-order chi connectivity index (χ0) is 16.7. The molecule has 0 saturated carbocycles. The highest BCUT2D eigenvalue weighted by Gasteiger charge is 2.25. The summed E-state index contributed by atoms with van der Waals surface area (Å²) in [7, 11) is 0. The zero-order valence-electron chi connectivity index (χ0n) is 13.1. The van der Waals surface area contributed by atoms with E-state index in [0.29, 0.717) is 28.8 Å². The first kappa shape index (κ1) is 15.6. The Morgan fingerprint density at radius 1 is 1.25 bits per heavy atom. The van der Waals surface area contributed by atoms with E-state index in [1.165, 1.54) is 11.8 Å². The molecule has 1 aromatic carbocycles. The van der Waals surface area contributed by atoms with E-state index in [1.807, 2.05) is 24.3 Å². The van der Waals surface area contributed by atoms with Gasteiger partial charge in [0.15, 0.2) is 5.78 Å². The van der Waals surface area contributed by atoms with E-state index in [1.54, 1.807) is 10.7 Å². The number of carbonyl (C=O) groups is 1. The molecule has 0 fully saturated rings. The Balaban J connectivity index is 1.59. The minimum absolute atomic E-state index is 0.143. The van der Waals surface area contributed by atoms with Crippen molar-refractivity contribution >= 4 is 34.9 Å². The van der Waals surface area contributed by atoms with Gasteiger partial charge in [-0.25, -0.2) is 9.50 Å². The lowest BCUT2D eigenvalue weighted by Gasteiger charge is -2.18. The highest BCUT2D eigenvalue weighted by Crippen LogP contribution is 2.25. The molecule has 122 valence electrons. The summed E-state index contributed by atoms with van der Waals surface area (Å²) in [4.78, 5) is 21.2. The highest BCUT2D eigenvalue weighted by atomic mass is 35.5. The second-order valence-electron chi connectivity index (χ2n) is 6.09. The van der Waals surface area contributed by atoms with Gasteiger partial charge in [0.2, 0.25) is 5.16 Å². The highest BCUT2D eigenvalue weighted by molar-refractivity contribution is 7.98. The molecule has 4 rings (SSSR count). The molecule has 0 radical (unpaired) electrons. The van der Waals surface area contributed by atoms with Crippen LogP contribution in [0.15, 0.2) is 35.6 Å². The van der Waals surface area contributed by atoms with Crippen LogP contribution in [0.25, 0.3) is 5.78 Å². The average Bonchev–Trinajstić information content (AvgIpc) is 2.94.